The van der Waals surface area contributed by atoms with Crippen molar-refractivity contribution in [3.63, 3.8) is 0 Å². The third-order valence-corrected chi connectivity index (χ3v) is 2.21. The molecule has 2 rings (SSSR count). The minimum absolute atomic E-state index is 0.226. The van der Waals surface area contributed by atoms with E-state index in [2.05, 4.69) is 0 Å². The van der Waals surface area contributed by atoms with E-state index in [9.17, 15) is 0 Å². The van der Waals surface area contributed by atoms with Gasteiger partial charge in [-0.3, -0.25) is 0 Å². The number of nitriles is 1. The van der Waals surface area contributed by atoms with Crippen LogP contribution in [0.5, 0.6) is 5.75 Å². The van der Waals surface area contributed by atoms with Gasteiger partial charge in [0.2, 0.25) is 0 Å². The zero-order valence-electron chi connectivity index (χ0n) is 7.37. The molecule has 72 valence electrons. The molecule has 1 aliphatic rings. The van der Waals surface area contributed by atoms with Crippen molar-refractivity contribution in [3.8, 4) is 11.8 Å². The molecule has 1 aliphatic heterocycles. The van der Waals surface area contributed by atoms with Crippen LogP contribution in [0.15, 0.2) is 18.2 Å². The van der Waals surface area contributed by atoms with Crippen molar-refractivity contribution in [2.45, 2.75) is 6.10 Å². The summed E-state index contributed by atoms with van der Waals surface area (Å²) in [4.78, 5) is 0. The van der Waals surface area contributed by atoms with Crippen LogP contribution in [0.2, 0.25) is 5.02 Å². The van der Waals surface area contributed by atoms with E-state index in [0.717, 1.165) is 6.61 Å². The molecule has 0 radical (unpaired) electrons. The number of nitrogens with zero attached hydrogens (tertiary/aromatic N) is 1. The van der Waals surface area contributed by atoms with Crippen LogP contribution in [0.4, 0.5) is 0 Å². The second-order valence-corrected chi connectivity index (χ2v) is 3.43. The fraction of sp³-hybridized carbons (Fsp3) is 0.300. The first kappa shape index (κ1) is 9.32. The van der Waals surface area contributed by atoms with Crippen molar-refractivity contribution < 1.29 is 9.47 Å². The van der Waals surface area contributed by atoms with Crippen LogP contribution in [-0.2, 0) is 4.74 Å². The molecule has 4 heteroatoms. The van der Waals surface area contributed by atoms with E-state index in [4.69, 9.17) is 26.3 Å². The summed E-state index contributed by atoms with van der Waals surface area (Å²) in [6.45, 7) is 1.31. The maximum Gasteiger partial charge on any atom is 0.121 e. The van der Waals surface area contributed by atoms with Gasteiger partial charge in [-0.1, -0.05) is 11.6 Å². The average molecular weight is 210 g/mol. The number of ether oxygens (including phenoxy) is 2. The van der Waals surface area contributed by atoms with Crippen LogP contribution < -0.4 is 4.74 Å². The molecular formula is C10H8ClNO2. The molecule has 3 nitrogen and oxygen atoms in total. The minimum Gasteiger partial charge on any atom is -0.491 e. The molecule has 1 atom stereocenters. The van der Waals surface area contributed by atoms with E-state index in [1.165, 1.54) is 0 Å². The van der Waals surface area contributed by atoms with Crippen LogP contribution in [0.1, 0.15) is 5.56 Å². The van der Waals surface area contributed by atoms with Gasteiger partial charge in [0, 0.05) is 6.07 Å². The first-order valence-corrected chi connectivity index (χ1v) is 4.61. The van der Waals surface area contributed by atoms with E-state index >= 15 is 0 Å². The van der Waals surface area contributed by atoms with Crippen LogP contribution >= 0.6 is 11.6 Å². The lowest BCUT2D eigenvalue weighted by molar-refractivity contribution is 0.263. The number of halogens is 1. The lowest BCUT2D eigenvalue weighted by Gasteiger charge is -2.04. The molecule has 1 heterocycles. The monoisotopic (exact) mass is 209 g/mol. The third-order valence-electron chi connectivity index (χ3n) is 1.90. The Kier molecular flexibility index (Phi) is 2.58. The number of benzene rings is 1. The molecule has 0 aromatic heterocycles. The molecular weight excluding hydrogens is 202 g/mol. The molecule has 1 fully saturated rings. The molecule has 0 saturated carbocycles. The van der Waals surface area contributed by atoms with E-state index in [1.807, 2.05) is 6.07 Å². The molecule has 0 aliphatic carbocycles. The van der Waals surface area contributed by atoms with Gasteiger partial charge in [-0.05, 0) is 12.1 Å². The summed E-state index contributed by atoms with van der Waals surface area (Å²) < 4.78 is 10.4. The number of hydrogen-bond donors (Lipinski definition) is 0. The molecule has 0 spiro atoms. The molecule has 1 saturated heterocycles. The van der Waals surface area contributed by atoms with Crippen LogP contribution in [0.3, 0.4) is 0 Å². The lowest BCUT2D eigenvalue weighted by atomic mass is 10.2. The van der Waals surface area contributed by atoms with Crippen LogP contribution in [0, 0.1) is 11.3 Å². The fourth-order valence-corrected chi connectivity index (χ4v) is 1.24. The summed E-state index contributed by atoms with van der Waals surface area (Å²) in [5.41, 5.74) is 0.460. The highest BCUT2D eigenvalue weighted by Gasteiger charge is 2.23. The first-order valence-electron chi connectivity index (χ1n) is 4.23. The second-order valence-electron chi connectivity index (χ2n) is 3.02. The predicted molar refractivity (Wildman–Crippen MR) is 51.4 cm³/mol. The molecule has 0 amide bonds. The summed E-state index contributed by atoms with van der Waals surface area (Å²) >= 11 is 5.83. The van der Waals surface area contributed by atoms with Gasteiger partial charge in [0.1, 0.15) is 24.5 Å². The molecule has 0 bridgehead atoms. The number of epoxide rings is 1. The first-order chi connectivity index (χ1) is 6.79. The Bertz CT molecular complexity index is 382. The van der Waals surface area contributed by atoms with E-state index < -0.39 is 0 Å². The molecule has 1 aromatic rings. The molecule has 0 N–H and O–H groups in total. The standard InChI is InChI=1S/C10H8ClNO2/c11-10-3-8(2-1-7(10)4-12)13-5-9-6-14-9/h1-3,9H,5-6H2. The van der Waals surface area contributed by atoms with Crippen LogP contribution in [0.25, 0.3) is 0 Å². The van der Waals surface area contributed by atoms with Crippen LogP contribution in [-0.4, -0.2) is 19.3 Å². The Labute approximate surface area is 86.8 Å². The summed E-state index contributed by atoms with van der Waals surface area (Å²) in [6.07, 6.45) is 0.226. The normalized spacial score (nSPS) is 18.7. The highest BCUT2D eigenvalue weighted by Crippen LogP contribution is 2.22. The molecule has 1 aromatic carbocycles. The quantitative estimate of drug-likeness (QED) is 0.716. The average Bonchev–Trinajstić information content (AvgIpc) is 2.98. The highest BCUT2D eigenvalue weighted by molar-refractivity contribution is 6.31. The van der Waals surface area contributed by atoms with Crippen molar-refractivity contribution in [2.75, 3.05) is 13.2 Å². The zero-order valence-corrected chi connectivity index (χ0v) is 8.12. The molecule has 14 heavy (non-hydrogen) atoms. The SMILES string of the molecule is N#Cc1ccc(OCC2CO2)cc1Cl. The van der Waals surface area contributed by atoms with Gasteiger partial charge in [-0.2, -0.15) is 5.26 Å². The van der Waals surface area contributed by atoms with Gasteiger partial charge >= 0.3 is 0 Å². The van der Waals surface area contributed by atoms with Crippen molar-refractivity contribution in [2.24, 2.45) is 0 Å². The zero-order chi connectivity index (χ0) is 9.97. The summed E-state index contributed by atoms with van der Waals surface area (Å²) in [6, 6.07) is 7.00. The minimum atomic E-state index is 0.226. The number of rotatable bonds is 3. The van der Waals surface area contributed by atoms with Gasteiger partial charge < -0.3 is 9.47 Å². The van der Waals surface area contributed by atoms with Crippen molar-refractivity contribution in [3.05, 3.63) is 28.8 Å². The predicted octanol–water partition coefficient (Wildman–Crippen LogP) is 1.99. The van der Waals surface area contributed by atoms with Crippen molar-refractivity contribution in [1.29, 1.82) is 5.26 Å². The van der Waals surface area contributed by atoms with Gasteiger partial charge in [-0.15, -0.1) is 0 Å². The Balaban J connectivity index is 2.03. The Morgan fingerprint density at radius 1 is 1.64 bits per heavy atom. The molecule has 1 unspecified atom stereocenters. The summed E-state index contributed by atoms with van der Waals surface area (Å²) in [5, 5.41) is 9.06. The van der Waals surface area contributed by atoms with Gasteiger partial charge in [0.15, 0.2) is 0 Å². The second kappa shape index (κ2) is 3.87. The van der Waals surface area contributed by atoms with E-state index in [1.54, 1.807) is 18.2 Å². The van der Waals surface area contributed by atoms with E-state index in [-0.39, 0.29) is 6.10 Å². The van der Waals surface area contributed by atoms with Crippen molar-refractivity contribution >= 4 is 11.6 Å². The summed E-state index contributed by atoms with van der Waals surface area (Å²) in [7, 11) is 0. The third kappa shape index (κ3) is 2.16. The maximum atomic E-state index is 8.64. The van der Waals surface area contributed by atoms with Crippen molar-refractivity contribution in [1.82, 2.24) is 0 Å². The maximum absolute atomic E-state index is 8.64. The summed E-state index contributed by atoms with van der Waals surface area (Å²) in [5.74, 6) is 0.671. The van der Waals surface area contributed by atoms with E-state index in [0.29, 0.717) is 22.9 Å². The smallest absolute Gasteiger partial charge is 0.121 e. The fourth-order valence-electron chi connectivity index (χ4n) is 1.03. The Morgan fingerprint density at radius 3 is 3.00 bits per heavy atom. The number of hydrogen-bond acceptors (Lipinski definition) is 3. The van der Waals surface area contributed by atoms with Gasteiger partial charge in [-0.25, -0.2) is 0 Å². The lowest BCUT2D eigenvalue weighted by Crippen LogP contribution is -2.03. The largest absolute Gasteiger partial charge is 0.491 e. The van der Waals surface area contributed by atoms with Gasteiger partial charge in [0.25, 0.3) is 0 Å². The topological polar surface area (TPSA) is 45.5 Å². The Morgan fingerprint density at radius 2 is 2.43 bits per heavy atom. The highest BCUT2D eigenvalue weighted by atomic mass is 35.5. The Hall–Kier alpha value is -1.24. The van der Waals surface area contributed by atoms with Gasteiger partial charge in [0.05, 0.1) is 17.2 Å².